The Morgan fingerprint density at radius 3 is 2.50 bits per heavy atom. The van der Waals surface area contributed by atoms with E-state index < -0.39 is 5.91 Å². The third-order valence-corrected chi connectivity index (χ3v) is 6.81. The second-order valence-electron chi connectivity index (χ2n) is 9.10. The van der Waals surface area contributed by atoms with Crippen LogP contribution in [-0.4, -0.2) is 63.6 Å². The highest BCUT2D eigenvalue weighted by atomic mass is 16.5. The number of fused-ring (bicyclic) bond motifs is 1. The monoisotopic (exact) mass is 486 g/mol. The Morgan fingerprint density at radius 2 is 1.83 bits per heavy atom. The Balaban J connectivity index is 1.44. The summed E-state index contributed by atoms with van der Waals surface area (Å²) in [6.07, 6.45) is 2.20. The maximum absolute atomic E-state index is 12.6. The van der Waals surface area contributed by atoms with Crippen molar-refractivity contribution in [1.29, 1.82) is 0 Å². The van der Waals surface area contributed by atoms with Crippen molar-refractivity contribution in [3.8, 4) is 17.2 Å². The number of carbonyl (C=O) groups excluding carboxylic acids is 2. The van der Waals surface area contributed by atoms with E-state index in [1.165, 1.54) is 6.08 Å². The van der Waals surface area contributed by atoms with Gasteiger partial charge in [-0.15, -0.1) is 0 Å². The Labute approximate surface area is 210 Å². The molecule has 2 aliphatic heterocycles. The van der Waals surface area contributed by atoms with Gasteiger partial charge in [0, 0.05) is 32.2 Å². The van der Waals surface area contributed by atoms with Gasteiger partial charge in [0.15, 0.2) is 5.69 Å². The second kappa shape index (κ2) is 9.87. The molecular formula is C27H30N6O3. The third-order valence-electron chi connectivity index (χ3n) is 6.81. The van der Waals surface area contributed by atoms with Crippen LogP contribution in [0.3, 0.4) is 0 Å². The molecule has 36 heavy (non-hydrogen) atoms. The van der Waals surface area contributed by atoms with E-state index in [1.807, 2.05) is 59.5 Å². The highest BCUT2D eigenvalue weighted by molar-refractivity contribution is 5.98. The first-order valence-electron chi connectivity index (χ1n) is 12.1. The van der Waals surface area contributed by atoms with Crippen molar-refractivity contribution >= 4 is 17.5 Å². The number of hydrogen-bond donors (Lipinski definition) is 2. The van der Waals surface area contributed by atoms with Crippen LogP contribution in [0.15, 0.2) is 67.3 Å². The summed E-state index contributed by atoms with van der Waals surface area (Å²) in [6.45, 7) is 8.38. The number of ether oxygens (including phenoxy) is 1. The molecule has 1 aromatic heterocycles. The van der Waals surface area contributed by atoms with Gasteiger partial charge in [-0.3, -0.25) is 14.5 Å². The summed E-state index contributed by atoms with van der Waals surface area (Å²) in [6, 6.07) is 17.1. The molecular weight excluding hydrogens is 456 g/mol. The molecule has 2 aliphatic rings. The molecule has 9 nitrogen and oxygen atoms in total. The normalized spacial score (nSPS) is 19.8. The zero-order chi connectivity index (χ0) is 25.2. The van der Waals surface area contributed by atoms with Gasteiger partial charge >= 0.3 is 0 Å². The Kier molecular flexibility index (Phi) is 6.47. The maximum Gasteiger partial charge on any atom is 0.269 e. The van der Waals surface area contributed by atoms with Crippen LogP contribution in [0, 0.1) is 0 Å². The van der Waals surface area contributed by atoms with Crippen LogP contribution in [0.4, 0.5) is 5.69 Å². The number of nitrogens with one attached hydrogen (secondary N) is 1. The largest absolute Gasteiger partial charge is 0.457 e. The molecule has 3 heterocycles. The number of rotatable bonds is 6. The second-order valence-corrected chi connectivity index (χ2v) is 9.10. The molecule has 0 aliphatic carbocycles. The average molecular weight is 487 g/mol. The molecule has 1 saturated heterocycles. The Hall–Kier alpha value is -4.11. The summed E-state index contributed by atoms with van der Waals surface area (Å²) in [5.41, 5.74) is 8.37. The Bertz CT molecular complexity index is 1270. The molecule has 0 radical (unpaired) electrons. The summed E-state index contributed by atoms with van der Waals surface area (Å²) < 4.78 is 7.51. The minimum absolute atomic E-state index is 0.0114. The van der Waals surface area contributed by atoms with Crippen molar-refractivity contribution in [2.45, 2.75) is 25.4 Å². The van der Waals surface area contributed by atoms with Gasteiger partial charge in [0.25, 0.3) is 5.91 Å². The van der Waals surface area contributed by atoms with Crippen LogP contribution >= 0.6 is 0 Å². The lowest BCUT2D eigenvalue weighted by atomic mass is 9.99. The van der Waals surface area contributed by atoms with E-state index in [0.717, 1.165) is 24.4 Å². The lowest BCUT2D eigenvalue weighted by molar-refractivity contribution is -0.129. The van der Waals surface area contributed by atoms with E-state index >= 15 is 0 Å². The smallest absolute Gasteiger partial charge is 0.269 e. The number of benzene rings is 2. The molecule has 0 unspecified atom stereocenters. The first-order chi connectivity index (χ1) is 17.5. The number of amides is 2. The van der Waals surface area contributed by atoms with Gasteiger partial charge in [0.05, 0.1) is 17.4 Å². The lowest BCUT2D eigenvalue weighted by Gasteiger charge is -2.44. The number of nitrogens with zero attached hydrogens (tertiary/aromatic N) is 4. The van der Waals surface area contributed by atoms with Gasteiger partial charge in [0.2, 0.25) is 5.91 Å². The lowest BCUT2D eigenvalue weighted by Crippen LogP contribution is -2.54. The molecule has 2 atom stereocenters. The number of aromatic nitrogens is 2. The first kappa shape index (κ1) is 23.6. The van der Waals surface area contributed by atoms with E-state index in [2.05, 4.69) is 23.7 Å². The van der Waals surface area contributed by atoms with E-state index in [0.29, 0.717) is 42.5 Å². The number of para-hydroxylation sites is 1. The van der Waals surface area contributed by atoms with E-state index in [4.69, 9.17) is 15.6 Å². The van der Waals surface area contributed by atoms with Gasteiger partial charge in [-0.05, 0) is 55.8 Å². The van der Waals surface area contributed by atoms with Gasteiger partial charge in [-0.2, -0.15) is 5.10 Å². The van der Waals surface area contributed by atoms with E-state index in [9.17, 15) is 9.59 Å². The predicted octanol–water partition coefficient (Wildman–Crippen LogP) is 3.34. The van der Waals surface area contributed by atoms with Crippen molar-refractivity contribution < 1.29 is 14.3 Å². The number of hydrogen-bond acceptors (Lipinski definition) is 6. The Morgan fingerprint density at radius 1 is 1.11 bits per heavy atom. The highest BCUT2D eigenvalue weighted by Gasteiger charge is 2.38. The number of primary amides is 1. The van der Waals surface area contributed by atoms with Gasteiger partial charge in [-0.1, -0.05) is 24.8 Å². The van der Waals surface area contributed by atoms with Crippen LogP contribution in [0.5, 0.6) is 11.5 Å². The topological polar surface area (TPSA) is 106 Å². The molecule has 0 saturated carbocycles. The molecule has 186 valence electrons. The molecule has 1 fully saturated rings. The fourth-order valence-corrected chi connectivity index (χ4v) is 5.09. The summed E-state index contributed by atoms with van der Waals surface area (Å²) in [5.74, 6) is 0.830. The predicted molar refractivity (Wildman–Crippen MR) is 137 cm³/mol. The molecule has 5 rings (SSSR count). The van der Waals surface area contributed by atoms with Crippen molar-refractivity contribution in [3.05, 3.63) is 78.6 Å². The summed E-state index contributed by atoms with van der Waals surface area (Å²) in [4.78, 5) is 28.9. The fourth-order valence-electron chi connectivity index (χ4n) is 5.09. The number of anilines is 1. The van der Waals surface area contributed by atoms with E-state index in [1.54, 1.807) is 4.68 Å². The molecule has 0 bridgehead atoms. The zero-order valence-electron chi connectivity index (χ0n) is 20.3. The van der Waals surface area contributed by atoms with Crippen molar-refractivity contribution in [1.82, 2.24) is 19.6 Å². The van der Waals surface area contributed by atoms with Gasteiger partial charge < -0.3 is 20.7 Å². The van der Waals surface area contributed by atoms with Crippen LogP contribution in [0.25, 0.3) is 5.69 Å². The molecule has 3 aromatic rings. The van der Waals surface area contributed by atoms with E-state index in [-0.39, 0.29) is 18.0 Å². The van der Waals surface area contributed by atoms with Crippen molar-refractivity contribution in [3.63, 3.8) is 0 Å². The highest BCUT2D eigenvalue weighted by Crippen LogP contribution is 2.38. The van der Waals surface area contributed by atoms with Crippen molar-refractivity contribution in [2.24, 2.45) is 5.73 Å². The summed E-state index contributed by atoms with van der Waals surface area (Å²) in [7, 11) is 0. The minimum Gasteiger partial charge on any atom is -0.457 e. The average Bonchev–Trinajstić information content (AvgIpc) is 3.29. The maximum atomic E-state index is 12.6. The SMILES string of the molecule is C=CC(=O)N1CCN([C@H]2CCNc3c2nn(-c2ccc(Oc4ccccc4)cc2)c3C(N)=O)[C@@H](C)C1. The van der Waals surface area contributed by atoms with Crippen molar-refractivity contribution in [2.75, 3.05) is 31.5 Å². The minimum atomic E-state index is -0.545. The molecule has 2 aromatic carbocycles. The zero-order valence-corrected chi connectivity index (χ0v) is 20.3. The van der Waals surface area contributed by atoms with Crippen LogP contribution in [0.1, 0.15) is 35.6 Å². The molecule has 3 N–H and O–H groups in total. The number of piperazine rings is 1. The molecule has 2 amide bonds. The first-order valence-corrected chi connectivity index (χ1v) is 12.1. The fraction of sp³-hybridized carbons (Fsp3) is 0.296. The van der Waals surface area contributed by atoms with Crippen LogP contribution < -0.4 is 15.8 Å². The number of carbonyl (C=O) groups is 2. The van der Waals surface area contributed by atoms with Crippen LogP contribution in [0.2, 0.25) is 0 Å². The summed E-state index contributed by atoms with van der Waals surface area (Å²) in [5, 5.41) is 8.24. The van der Waals surface area contributed by atoms with Gasteiger partial charge in [0.1, 0.15) is 17.2 Å². The quantitative estimate of drug-likeness (QED) is 0.518. The third kappa shape index (κ3) is 4.45. The van der Waals surface area contributed by atoms with Crippen LogP contribution in [-0.2, 0) is 4.79 Å². The summed E-state index contributed by atoms with van der Waals surface area (Å²) >= 11 is 0. The number of nitrogens with two attached hydrogens (primary N) is 1. The standard InChI is InChI=1S/C27H30N6O3/c1-3-23(34)31-15-16-32(18(2)17-31)22-13-14-29-25-24(22)30-33(26(25)27(28)35)19-9-11-21(12-10-19)36-20-7-5-4-6-8-20/h3-12,18,22,29H,1,13-17H2,2H3,(H2,28,35)/t18-,22-/m0/s1. The van der Waals surface area contributed by atoms with Gasteiger partial charge in [-0.25, -0.2) is 4.68 Å². The molecule has 0 spiro atoms. The molecule has 9 heteroatoms.